The molecule has 1 aromatic heterocycles. The lowest BCUT2D eigenvalue weighted by molar-refractivity contribution is -0.0373. The van der Waals surface area contributed by atoms with Gasteiger partial charge in [0.1, 0.15) is 0 Å². The van der Waals surface area contributed by atoms with Crippen LogP contribution in [0, 0.1) is 6.92 Å². The summed E-state index contributed by atoms with van der Waals surface area (Å²) in [6.07, 6.45) is 0. The lowest BCUT2D eigenvalue weighted by atomic mass is 9.93. The Morgan fingerprint density at radius 3 is 2.60 bits per heavy atom. The summed E-state index contributed by atoms with van der Waals surface area (Å²) in [4.78, 5) is 1.34. The summed E-state index contributed by atoms with van der Waals surface area (Å²) in [6.45, 7) is 9.17. The molecule has 0 aliphatic heterocycles. The van der Waals surface area contributed by atoms with Crippen LogP contribution in [0.2, 0.25) is 0 Å². The zero-order valence-electron chi connectivity index (χ0n) is 10.3. The Bertz CT molecular complexity index is 306. The first-order chi connectivity index (χ1) is 7.01. The molecule has 0 saturated carbocycles. The molecule has 1 N–H and O–H groups in total. The Hall–Kier alpha value is -0.380. The second-order valence-corrected chi connectivity index (χ2v) is 5.36. The van der Waals surface area contributed by atoms with Gasteiger partial charge in [0.2, 0.25) is 0 Å². The fourth-order valence-corrected chi connectivity index (χ4v) is 2.72. The average Bonchev–Trinajstić information content (AvgIpc) is 2.52. The van der Waals surface area contributed by atoms with Crippen molar-refractivity contribution in [3.63, 3.8) is 0 Å². The van der Waals surface area contributed by atoms with Crippen LogP contribution in [-0.2, 0) is 4.74 Å². The molecule has 0 amide bonds. The maximum absolute atomic E-state index is 5.79. The second-order valence-electron chi connectivity index (χ2n) is 4.25. The monoisotopic (exact) mass is 227 g/mol. The van der Waals surface area contributed by atoms with Crippen LogP contribution in [0.3, 0.4) is 0 Å². The molecule has 15 heavy (non-hydrogen) atoms. The van der Waals surface area contributed by atoms with Crippen molar-refractivity contribution < 1.29 is 4.74 Å². The number of rotatable bonds is 5. The Labute approximate surface area is 96.7 Å². The number of nitrogens with one attached hydrogen (secondary N) is 1. The summed E-state index contributed by atoms with van der Waals surface area (Å²) in [5, 5.41) is 5.54. The molecule has 86 valence electrons. The van der Waals surface area contributed by atoms with E-state index in [1.54, 1.807) is 11.3 Å². The van der Waals surface area contributed by atoms with Gasteiger partial charge in [-0.05, 0) is 51.8 Å². The molecule has 0 aliphatic rings. The molecule has 0 aliphatic carbocycles. The van der Waals surface area contributed by atoms with E-state index in [0.29, 0.717) is 0 Å². The summed E-state index contributed by atoms with van der Waals surface area (Å²) in [5.41, 5.74) is 1.15. The molecule has 1 heterocycles. The fraction of sp³-hybridized carbons (Fsp3) is 0.667. The predicted octanol–water partition coefficient (Wildman–Crippen LogP) is 3.13. The molecule has 1 rings (SSSR count). The van der Waals surface area contributed by atoms with Crippen LogP contribution in [0.4, 0.5) is 0 Å². The molecule has 0 radical (unpaired) electrons. The van der Waals surface area contributed by atoms with Crippen LogP contribution in [0.5, 0.6) is 0 Å². The summed E-state index contributed by atoms with van der Waals surface area (Å²) in [5.74, 6) is 0. The Kier molecular flexibility index (Phi) is 4.32. The molecular formula is C12H21NOS. The molecule has 0 spiro atoms. The first-order valence-corrected chi connectivity index (χ1v) is 6.25. The third-order valence-corrected chi connectivity index (χ3v) is 3.46. The summed E-state index contributed by atoms with van der Waals surface area (Å²) in [6, 6.07) is 2.48. The fourth-order valence-electron chi connectivity index (χ4n) is 1.99. The van der Waals surface area contributed by atoms with E-state index >= 15 is 0 Å². The minimum absolute atomic E-state index is 0.170. The number of aryl methyl sites for hydroxylation is 1. The van der Waals surface area contributed by atoms with Gasteiger partial charge < -0.3 is 10.1 Å². The van der Waals surface area contributed by atoms with E-state index < -0.39 is 0 Å². The average molecular weight is 227 g/mol. The van der Waals surface area contributed by atoms with E-state index in [4.69, 9.17) is 4.74 Å². The van der Waals surface area contributed by atoms with Crippen LogP contribution in [0.25, 0.3) is 0 Å². The molecule has 1 atom stereocenters. The minimum Gasteiger partial charge on any atom is -0.374 e. The topological polar surface area (TPSA) is 21.3 Å². The minimum atomic E-state index is -0.170. The normalized spacial score (nSPS) is 14.2. The van der Waals surface area contributed by atoms with Gasteiger partial charge in [-0.1, -0.05) is 0 Å². The highest BCUT2D eigenvalue weighted by molar-refractivity contribution is 7.10. The van der Waals surface area contributed by atoms with Crippen LogP contribution < -0.4 is 5.32 Å². The van der Waals surface area contributed by atoms with Crippen molar-refractivity contribution in [1.29, 1.82) is 0 Å². The van der Waals surface area contributed by atoms with Crippen molar-refractivity contribution in [1.82, 2.24) is 5.32 Å². The lowest BCUT2D eigenvalue weighted by Crippen LogP contribution is -2.39. The van der Waals surface area contributed by atoms with Crippen molar-refractivity contribution in [3.8, 4) is 0 Å². The Balaban J connectivity index is 2.88. The van der Waals surface area contributed by atoms with Gasteiger partial charge in [-0.25, -0.2) is 0 Å². The molecule has 0 fully saturated rings. The standard InChI is InChI=1S/C12H21NOS/c1-6-14-12(3,4)11(13-5)10-7-9(2)15-8-10/h7-8,11,13H,6H2,1-5H3. The summed E-state index contributed by atoms with van der Waals surface area (Å²) < 4.78 is 5.79. The van der Waals surface area contributed by atoms with Crippen LogP contribution in [0.15, 0.2) is 11.4 Å². The third kappa shape index (κ3) is 3.03. The first kappa shape index (κ1) is 12.7. The van der Waals surface area contributed by atoms with E-state index in [9.17, 15) is 0 Å². The van der Waals surface area contributed by atoms with E-state index in [-0.39, 0.29) is 11.6 Å². The number of hydrogen-bond donors (Lipinski definition) is 1. The maximum Gasteiger partial charge on any atom is 0.0820 e. The quantitative estimate of drug-likeness (QED) is 0.834. The first-order valence-electron chi connectivity index (χ1n) is 5.37. The third-order valence-electron chi connectivity index (χ3n) is 2.58. The highest BCUT2D eigenvalue weighted by atomic mass is 32.1. The van der Waals surface area contributed by atoms with E-state index in [1.165, 1.54) is 10.4 Å². The van der Waals surface area contributed by atoms with Gasteiger partial charge in [-0.15, -0.1) is 11.3 Å². The molecule has 1 aromatic rings. The molecule has 0 saturated heterocycles. The molecular weight excluding hydrogens is 206 g/mol. The zero-order chi connectivity index (χ0) is 11.5. The van der Waals surface area contributed by atoms with Crippen molar-refractivity contribution in [2.45, 2.75) is 39.3 Å². The molecule has 2 nitrogen and oxygen atoms in total. The van der Waals surface area contributed by atoms with Crippen molar-refractivity contribution >= 4 is 11.3 Å². The number of ether oxygens (including phenoxy) is 1. The molecule has 0 bridgehead atoms. The molecule has 1 unspecified atom stereocenters. The summed E-state index contributed by atoms with van der Waals surface area (Å²) in [7, 11) is 1.98. The largest absolute Gasteiger partial charge is 0.374 e. The second kappa shape index (κ2) is 5.10. The van der Waals surface area contributed by atoms with Crippen molar-refractivity contribution in [2.24, 2.45) is 0 Å². The SMILES string of the molecule is CCOC(C)(C)C(NC)c1csc(C)c1. The van der Waals surface area contributed by atoms with Crippen LogP contribution in [0.1, 0.15) is 37.3 Å². The van der Waals surface area contributed by atoms with Gasteiger partial charge in [0.15, 0.2) is 0 Å². The predicted molar refractivity (Wildman–Crippen MR) is 66.6 cm³/mol. The van der Waals surface area contributed by atoms with Crippen LogP contribution in [-0.4, -0.2) is 19.3 Å². The van der Waals surface area contributed by atoms with E-state index in [0.717, 1.165) is 6.61 Å². The van der Waals surface area contributed by atoms with Gasteiger partial charge >= 0.3 is 0 Å². The van der Waals surface area contributed by atoms with E-state index in [2.05, 4.69) is 37.5 Å². The smallest absolute Gasteiger partial charge is 0.0820 e. The maximum atomic E-state index is 5.79. The summed E-state index contributed by atoms with van der Waals surface area (Å²) >= 11 is 1.79. The van der Waals surface area contributed by atoms with Gasteiger partial charge in [-0.3, -0.25) is 0 Å². The van der Waals surface area contributed by atoms with E-state index in [1.807, 2.05) is 14.0 Å². The number of likely N-dealkylation sites (N-methyl/N-ethyl adjacent to an activating group) is 1. The van der Waals surface area contributed by atoms with Crippen molar-refractivity contribution in [2.75, 3.05) is 13.7 Å². The zero-order valence-corrected chi connectivity index (χ0v) is 11.1. The van der Waals surface area contributed by atoms with Gasteiger partial charge in [0, 0.05) is 11.5 Å². The Morgan fingerprint density at radius 1 is 1.53 bits per heavy atom. The lowest BCUT2D eigenvalue weighted by Gasteiger charge is -2.33. The highest BCUT2D eigenvalue weighted by Crippen LogP contribution is 2.31. The van der Waals surface area contributed by atoms with Crippen molar-refractivity contribution in [3.05, 3.63) is 21.9 Å². The molecule has 0 aromatic carbocycles. The number of hydrogen-bond acceptors (Lipinski definition) is 3. The molecule has 3 heteroatoms. The van der Waals surface area contributed by atoms with Gasteiger partial charge in [-0.2, -0.15) is 0 Å². The highest BCUT2D eigenvalue weighted by Gasteiger charge is 2.30. The number of thiophene rings is 1. The van der Waals surface area contributed by atoms with Crippen LogP contribution >= 0.6 is 11.3 Å². The Morgan fingerprint density at radius 2 is 2.20 bits per heavy atom. The van der Waals surface area contributed by atoms with Gasteiger partial charge in [0.25, 0.3) is 0 Å². The van der Waals surface area contributed by atoms with Gasteiger partial charge in [0.05, 0.1) is 11.6 Å².